The number of methoxy groups -OCH3 is 1. The van der Waals surface area contributed by atoms with Gasteiger partial charge in [-0.1, -0.05) is 18.2 Å². The summed E-state index contributed by atoms with van der Waals surface area (Å²) < 4.78 is 18.3. The van der Waals surface area contributed by atoms with Gasteiger partial charge in [0.25, 0.3) is 5.91 Å². The lowest BCUT2D eigenvalue weighted by molar-refractivity contribution is -0.140. The number of aryl methyl sites for hydroxylation is 1. The van der Waals surface area contributed by atoms with Crippen molar-refractivity contribution < 1.29 is 28.6 Å². The van der Waals surface area contributed by atoms with E-state index in [9.17, 15) is 23.9 Å². The molecule has 1 aliphatic rings. The summed E-state index contributed by atoms with van der Waals surface area (Å²) in [6.07, 6.45) is 0.578. The Hall–Kier alpha value is -3.48. The van der Waals surface area contributed by atoms with Crippen molar-refractivity contribution in [3.05, 3.63) is 65.0 Å². The van der Waals surface area contributed by atoms with Crippen molar-refractivity contribution in [2.24, 2.45) is 0 Å². The number of carbonyl (C=O) groups is 3. The van der Waals surface area contributed by atoms with Crippen molar-refractivity contribution in [3.8, 4) is 0 Å². The fourth-order valence-corrected chi connectivity index (χ4v) is 3.15. The summed E-state index contributed by atoms with van der Waals surface area (Å²) in [5, 5.41) is 10.8. The molecule has 3 rings (SSSR count). The number of benzene rings is 2. The summed E-state index contributed by atoms with van der Waals surface area (Å²) in [7, 11) is 1.31. The van der Waals surface area contributed by atoms with E-state index in [2.05, 4.69) is 4.74 Å². The average molecular weight is 383 g/mol. The third kappa shape index (κ3) is 3.51. The van der Waals surface area contributed by atoms with Crippen molar-refractivity contribution in [2.45, 2.75) is 19.8 Å². The molecule has 0 spiro atoms. The molecule has 0 atom stereocenters. The smallest absolute Gasteiger partial charge is 0.305 e. The lowest BCUT2D eigenvalue weighted by atomic mass is 9.99. The number of hydrogen-bond acceptors (Lipinski definition) is 5. The lowest BCUT2D eigenvalue weighted by Crippen LogP contribution is -2.31. The van der Waals surface area contributed by atoms with Gasteiger partial charge in [-0.2, -0.15) is 0 Å². The van der Waals surface area contributed by atoms with Gasteiger partial charge in [-0.15, -0.1) is 0 Å². The number of imide groups is 1. The molecule has 0 bridgehead atoms. The monoisotopic (exact) mass is 383 g/mol. The van der Waals surface area contributed by atoms with E-state index in [1.165, 1.54) is 20.1 Å². The zero-order valence-electron chi connectivity index (χ0n) is 15.4. The van der Waals surface area contributed by atoms with Crippen molar-refractivity contribution in [1.82, 2.24) is 0 Å². The second-order valence-corrected chi connectivity index (χ2v) is 6.32. The minimum absolute atomic E-state index is 0.0738. The molecular weight excluding hydrogens is 365 g/mol. The Kier molecular flexibility index (Phi) is 5.26. The normalized spacial score (nSPS) is 14.7. The number of anilines is 1. The van der Waals surface area contributed by atoms with Crippen molar-refractivity contribution in [2.75, 3.05) is 12.0 Å². The molecule has 0 aromatic heterocycles. The van der Waals surface area contributed by atoms with Gasteiger partial charge in [0.2, 0.25) is 5.91 Å². The maximum absolute atomic E-state index is 13.6. The molecule has 7 heteroatoms. The van der Waals surface area contributed by atoms with Crippen LogP contribution in [0.25, 0.3) is 11.3 Å². The van der Waals surface area contributed by atoms with Gasteiger partial charge in [0.05, 0.1) is 18.4 Å². The molecule has 0 unspecified atom stereocenters. The first kappa shape index (κ1) is 19.3. The summed E-state index contributed by atoms with van der Waals surface area (Å²) in [6, 6.07) is 10.3. The molecule has 28 heavy (non-hydrogen) atoms. The fraction of sp³-hybridized carbons (Fsp3) is 0.190. The van der Waals surface area contributed by atoms with Crippen molar-refractivity contribution in [3.63, 3.8) is 0 Å². The summed E-state index contributed by atoms with van der Waals surface area (Å²) in [6.45, 7) is 1.19. The highest BCUT2D eigenvalue weighted by atomic mass is 19.1. The Bertz CT molecular complexity index is 1010. The first-order valence-corrected chi connectivity index (χ1v) is 8.57. The molecule has 0 saturated carbocycles. The molecule has 1 aliphatic heterocycles. The van der Waals surface area contributed by atoms with Crippen LogP contribution in [-0.4, -0.2) is 30.0 Å². The zero-order valence-corrected chi connectivity index (χ0v) is 15.4. The number of hydrogen-bond donors (Lipinski definition) is 1. The SMILES string of the molecule is COC(=O)CCc1cccc(C(O)=C2C(=O)N(C(C)=O)c3cc(F)ccc32)c1. The summed E-state index contributed by atoms with van der Waals surface area (Å²) in [5.74, 6) is -2.56. The molecule has 144 valence electrons. The van der Waals surface area contributed by atoms with Gasteiger partial charge in [-0.3, -0.25) is 14.4 Å². The molecule has 0 fully saturated rings. The lowest BCUT2D eigenvalue weighted by Gasteiger charge is -2.12. The minimum atomic E-state index is -0.717. The van der Waals surface area contributed by atoms with Gasteiger partial charge in [0, 0.05) is 24.5 Å². The Morgan fingerprint density at radius 1 is 1.18 bits per heavy atom. The summed E-state index contributed by atoms with van der Waals surface area (Å²) in [5.41, 5.74) is 1.42. The van der Waals surface area contributed by atoms with Crippen LogP contribution in [0.2, 0.25) is 0 Å². The predicted molar refractivity (Wildman–Crippen MR) is 101 cm³/mol. The molecular formula is C21H18FNO5. The number of halogens is 1. The number of fused-ring (bicyclic) bond motifs is 1. The number of rotatable bonds is 4. The van der Waals surface area contributed by atoms with Crippen molar-refractivity contribution >= 4 is 34.8 Å². The van der Waals surface area contributed by atoms with Crippen LogP contribution >= 0.6 is 0 Å². The maximum Gasteiger partial charge on any atom is 0.305 e. The van der Waals surface area contributed by atoms with E-state index in [0.29, 0.717) is 12.0 Å². The molecule has 1 heterocycles. The van der Waals surface area contributed by atoms with Crippen molar-refractivity contribution in [1.29, 1.82) is 0 Å². The number of aliphatic hydroxyl groups excluding tert-OH is 1. The average Bonchev–Trinajstić information content (AvgIpc) is 2.96. The highest BCUT2D eigenvalue weighted by molar-refractivity contribution is 6.42. The molecule has 0 saturated heterocycles. The molecule has 2 aromatic rings. The van der Waals surface area contributed by atoms with E-state index in [0.717, 1.165) is 22.6 Å². The van der Waals surface area contributed by atoms with Crippen LogP contribution in [0.3, 0.4) is 0 Å². The van der Waals surface area contributed by atoms with Crippen LogP contribution < -0.4 is 4.90 Å². The third-order valence-electron chi connectivity index (χ3n) is 4.48. The quantitative estimate of drug-likeness (QED) is 0.498. The fourth-order valence-electron chi connectivity index (χ4n) is 3.15. The van der Waals surface area contributed by atoms with E-state index in [4.69, 9.17) is 0 Å². The molecule has 6 nitrogen and oxygen atoms in total. The summed E-state index contributed by atoms with van der Waals surface area (Å²) in [4.78, 5) is 36.8. The molecule has 0 radical (unpaired) electrons. The number of aliphatic hydroxyl groups is 1. The van der Waals surface area contributed by atoms with Gasteiger partial charge in [0.1, 0.15) is 11.6 Å². The van der Waals surface area contributed by atoms with E-state index in [-0.39, 0.29) is 35.0 Å². The predicted octanol–water partition coefficient (Wildman–Crippen LogP) is 3.25. The topological polar surface area (TPSA) is 83.9 Å². The number of nitrogens with zero attached hydrogens (tertiary/aromatic N) is 1. The van der Waals surface area contributed by atoms with Gasteiger partial charge in [-0.05, 0) is 36.2 Å². The Morgan fingerprint density at radius 2 is 1.93 bits per heavy atom. The minimum Gasteiger partial charge on any atom is -0.506 e. The van der Waals surface area contributed by atoms with E-state index >= 15 is 0 Å². The van der Waals surface area contributed by atoms with E-state index in [1.54, 1.807) is 24.3 Å². The largest absolute Gasteiger partial charge is 0.506 e. The van der Waals surface area contributed by atoms with E-state index in [1.807, 2.05) is 0 Å². The van der Waals surface area contributed by atoms with Crippen LogP contribution in [0, 0.1) is 5.82 Å². The highest BCUT2D eigenvalue weighted by Crippen LogP contribution is 2.40. The Morgan fingerprint density at radius 3 is 2.61 bits per heavy atom. The first-order chi connectivity index (χ1) is 13.3. The Labute approximate surface area is 160 Å². The van der Waals surface area contributed by atoms with Gasteiger partial charge >= 0.3 is 5.97 Å². The molecule has 2 amide bonds. The highest BCUT2D eigenvalue weighted by Gasteiger charge is 2.38. The van der Waals surface area contributed by atoms with Crippen LogP contribution in [0.1, 0.15) is 30.0 Å². The first-order valence-electron chi connectivity index (χ1n) is 8.57. The van der Waals surface area contributed by atoms with Gasteiger partial charge in [-0.25, -0.2) is 9.29 Å². The maximum atomic E-state index is 13.6. The number of amides is 2. The van der Waals surface area contributed by atoms with Crippen LogP contribution in [0.5, 0.6) is 0 Å². The van der Waals surface area contributed by atoms with Crippen LogP contribution in [0.4, 0.5) is 10.1 Å². The second kappa shape index (κ2) is 7.64. The molecule has 0 aliphatic carbocycles. The Balaban J connectivity index is 2.05. The standard InChI is InChI=1S/C21H18FNO5/c1-12(24)23-17-11-15(22)7-8-16(17)19(21(23)27)20(26)14-5-3-4-13(10-14)6-9-18(25)28-2/h3-5,7-8,10-11,26H,6,9H2,1-2H3. The third-order valence-corrected chi connectivity index (χ3v) is 4.48. The molecule has 2 aromatic carbocycles. The van der Waals surface area contributed by atoms with E-state index < -0.39 is 17.6 Å². The number of ether oxygens (including phenoxy) is 1. The molecule has 1 N–H and O–H groups in total. The summed E-state index contributed by atoms with van der Waals surface area (Å²) >= 11 is 0. The van der Waals surface area contributed by atoms with Gasteiger partial charge < -0.3 is 9.84 Å². The number of carbonyl (C=O) groups excluding carboxylic acids is 3. The zero-order chi connectivity index (χ0) is 20.4. The second-order valence-electron chi connectivity index (χ2n) is 6.32. The van der Waals surface area contributed by atoms with Gasteiger partial charge in [0.15, 0.2) is 0 Å². The van der Waals surface area contributed by atoms with Crippen LogP contribution in [0.15, 0.2) is 42.5 Å². The van der Waals surface area contributed by atoms with Crippen LogP contribution in [-0.2, 0) is 25.5 Å². The number of esters is 1.